The van der Waals surface area contributed by atoms with Crippen molar-refractivity contribution in [2.24, 2.45) is 5.92 Å². The van der Waals surface area contributed by atoms with Crippen LogP contribution in [0, 0.1) is 5.92 Å². The summed E-state index contributed by atoms with van der Waals surface area (Å²) in [5, 5.41) is 0.865. The SMILES string of the molecule is CCCN(CC1CC1)c1snc(N)c1C(=O)OCC. The molecule has 2 N–H and O–H groups in total. The highest BCUT2D eigenvalue weighted by molar-refractivity contribution is 7.11. The maximum Gasteiger partial charge on any atom is 0.345 e. The summed E-state index contributed by atoms with van der Waals surface area (Å²) in [6.45, 7) is 6.19. The largest absolute Gasteiger partial charge is 0.462 e. The molecule has 0 amide bonds. The standard InChI is InChI=1S/C13H21N3O2S/c1-3-7-16(8-9-5-6-9)12-10(11(14)15-19-12)13(17)18-4-2/h9H,3-8H2,1-2H3,(H2,14,15). The molecular weight excluding hydrogens is 262 g/mol. The molecular formula is C13H21N3O2S. The number of esters is 1. The lowest BCUT2D eigenvalue weighted by molar-refractivity contribution is 0.0528. The van der Waals surface area contributed by atoms with Crippen LogP contribution in [-0.2, 0) is 4.74 Å². The van der Waals surface area contributed by atoms with E-state index >= 15 is 0 Å². The van der Waals surface area contributed by atoms with Gasteiger partial charge in [0.25, 0.3) is 0 Å². The highest BCUT2D eigenvalue weighted by atomic mass is 32.1. The number of aromatic nitrogens is 1. The average molecular weight is 283 g/mol. The molecule has 0 aliphatic heterocycles. The average Bonchev–Trinajstić information content (AvgIpc) is 3.10. The molecule has 0 bridgehead atoms. The fraction of sp³-hybridized carbons (Fsp3) is 0.692. The van der Waals surface area contributed by atoms with Crippen LogP contribution in [-0.4, -0.2) is 30.0 Å². The molecule has 0 saturated heterocycles. The number of carbonyl (C=O) groups is 1. The first-order valence-electron chi connectivity index (χ1n) is 6.84. The van der Waals surface area contributed by atoms with Crippen molar-refractivity contribution in [2.45, 2.75) is 33.1 Å². The smallest absolute Gasteiger partial charge is 0.345 e. The minimum atomic E-state index is -0.361. The van der Waals surface area contributed by atoms with E-state index in [4.69, 9.17) is 10.5 Å². The Morgan fingerprint density at radius 2 is 2.26 bits per heavy atom. The van der Waals surface area contributed by atoms with Crippen LogP contribution in [0.5, 0.6) is 0 Å². The molecule has 1 heterocycles. The van der Waals surface area contributed by atoms with Crippen LogP contribution in [0.4, 0.5) is 10.8 Å². The quantitative estimate of drug-likeness (QED) is 0.779. The lowest BCUT2D eigenvalue weighted by Crippen LogP contribution is -2.27. The Labute approximate surface area is 117 Å². The van der Waals surface area contributed by atoms with Crippen molar-refractivity contribution >= 4 is 28.3 Å². The van der Waals surface area contributed by atoms with E-state index in [9.17, 15) is 4.79 Å². The molecule has 0 aromatic carbocycles. The predicted molar refractivity (Wildman–Crippen MR) is 77.7 cm³/mol. The van der Waals surface area contributed by atoms with Crippen LogP contribution >= 0.6 is 11.5 Å². The van der Waals surface area contributed by atoms with Gasteiger partial charge in [0, 0.05) is 13.1 Å². The van der Waals surface area contributed by atoms with Gasteiger partial charge in [-0.2, -0.15) is 4.37 Å². The zero-order valence-electron chi connectivity index (χ0n) is 11.5. The monoisotopic (exact) mass is 283 g/mol. The molecule has 6 heteroatoms. The Bertz CT molecular complexity index is 443. The van der Waals surface area contributed by atoms with Crippen LogP contribution < -0.4 is 10.6 Å². The summed E-state index contributed by atoms with van der Waals surface area (Å²) in [7, 11) is 0. The van der Waals surface area contributed by atoms with E-state index in [-0.39, 0.29) is 11.8 Å². The fourth-order valence-electron chi connectivity index (χ4n) is 2.06. The molecule has 1 fully saturated rings. The molecule has 1 aliphatic rings. The summed E-state index contributed by atoms with van der Waals surface area (Å²) in [5.74, 6) is 0.681. The Hall–Kier alpha value is -1.30. The number of nitrogens with two attached hydrogens (primary N) is 1. The van der Waals surface area contributed by atoms with E-state index in [2.05, 4.69) is 16.2 Å². The van der Waals surface area contributed by atoms with Crippen LogP contribution in [0.2, 0.25) is 0 Å². The Balaban J connectivity index is 2.22. The van der Waals surface area contributed by atoms with Gasteiger partial charge >= 0.3 is 5.97 Å². The summed E-state index contributed by atoms with van der Waals surface area (Å²) >= 11 is 1.30. The Morgan fingerprint density at radius 3 is 2.84 bits per heavy atom. The fourth-order valence-corrected chi connectivity index (χ4v) is 2.90. The second-order valence-electron chi connectivity index (χ2n) is 4.86. The van der Waals surface area contributed by atoms with Gasteiger partial charge in [-0.05, 0) is 43.6 Å². The number of rotatable bonds is 7. The first-order chi connectivity index (χ1) is 9.17. The van der Waals surface area contributed by atoms with Gasteiger partial charge < -0.3 is 15.4 Å². The minimum Gasteiger partial charge on any atom is -0.462 e. The van der Waals surface area contributed by atoms with Gasteiger partial charge in [-0.25, -0.2) is 4.79 Å². The summed E-state index contributed by atoms with van der Waals surface area (Å²) in [4.78, 5) is 14.2. The van der Waals surface area contributed by atoms with Gasteiger partial charge in [-0.1, -0.05) is 6.92 Å². The number of ether oxygens (including phenoxy) is 1. The number of carbonyl (C=O) groups excluding carboxylic acids is 1. The molecule has 19 heavy (non-hydrogen) atoms. The van der Waals surface area contributed by atoms with Crippen molar-refractivity contribution in [3.8, 4) is 0 Å². The van der Waals surface area contributed by atoms with E-state index in [1.165, 1.54) is 24.4 Å². The van der Waals surface area contributed by atoms with Crippen molar-refractivity contribution in [3.63, 3.8) is 0 Å². The minimum absolute atomic E-state index is 0.287. The number of anilines is 2. The topological polar surface area (TPSA) is 68.5 Å². The van der Waals surface area contributed by atoms with Crippen LogP contribution in [0.15, 0.2) is 0 Å². The van der Waals surface area contributed by atoms with Gasteiger partial charge in [0.15, 0.2) is 5.82 Å². The van der Waals surface area contributed by atoms with Crippen LogP contribution in [0.25, 0.3) is 0 Å². The van der Waals surface area contributed by atoms with Crippen LogP contribution in [0.3, 0.4) is 0 Å². The van der Waals surface area contributed by atoms with Crippen LogP contribution in [0.1, 0.15) is 43.5 Å². The molecule has 106 valence electrons. The molecule has 2 rings (SSSR count). The van der Waals surface area contributed by atoms with Crippen molar-refractivity contribution in [1.29, 1.82) is 0 Å². The zero-order valence-corrected chi connectivity index (χ0v) is 12.3. The lowest BCUT2D eigenvalue weighted by Gasteiger charge is -2.23. The van der Waals surface area contributed by atoms with Gasteiger partial charge in [-0.3, -0.25) is 0 Å². The Morgan fingerprint density at radius 1 is 1.53 bits per heavy atom. The molecule has 1 aromatic heterocycles. The first-order valence-corrected chi connectivity index (χ1v) is 7.61. The number of hydrogen-bond acceptors (Lipinski definition) is 6. The van der Waals surface area contributed by atoms with Gasteiger partial charge in [0.05, 0.1) is 6.61 Å². The third kappa shape index (κ3) is 3.37. The van der Waals surface area contributed by atoms with E-state index in [0.717, 1.165) is 30.4 Å². The van der Waals surface area contributed by atoms with Gasteiger partial charge in [0.1, 0.15) is 10.6 Å². The van der Waals surface area contributed by atoms with E-state index in [1.54, 1.807) is 6.92 Å². The highest BCUT2D eigenvalue weighted by Gasteiger charge is 2.29. The number of hydrogen-bond donors (Lipinski definition) is 1. The maximum atomic E-state index is 12.0. The molecule has 1 saturated carbocycles. The van der Waals surface area contributed by atoms with E-state index < -0.39 is 0 Å². The summed E-state index contributed by atoms with van der Waals surface area (Å²) < 4.78 is 9.21. The summed E-state index contributed by atoms with van der Waals surface area (Å²) in [6, 6.07) is 0. The third-order valence-electron chi connectivity index (χ3n) is 3.14. The second-order valence-corrected chi connectivity index (χ2v) is 5.61. The predicted octanol–water partition coefficient (Wildman–Crippen LogP) is 2.53. The lowest BCUT2D eigenvalue weighted by atomic mass is 10.2. The Kier molecular flexibility index (Phi) is 4.63. The van der Waals surface area contributed by atoms with E-state index in [0.29, 0.717) is 12.2 Å². The molecule has 0 atom stereocenters. The molecule has 1 aliphatic carbocycles. The normalized spacial score (nSPS) is 14.4. The van der Waals surface area contributed by atoms with Crippen molar-refractivity contribution in [1.82, 2.24) is 4.37 Å². The van der Waals surface area contributed by atoms with E-state index in [1.807, 2.05) is 0 Å². The highest BCUT2D eigenvalue weighted by Crippen LogP contribution is 2.36. The maximum absolute atomic E-state index is 12.0. The molecule has 5 nitrogen and oxygen atoms in total. The van der Waals surface area contributed by atoms with Crippen molar-refractivity contribution < 1.29 is 9.53 Å². The molecule has 0 unspecified atom stereocenters. The summed E-state index contributed by atoms with van der Waals surface area (Å²) in [6.07, 6.45) is 3.60. The molecule has 0 spiro atoms. The van der Waals surface area contributed by atoms with Crippen molar-refractivity contribution in [2.75, 3.05) is 30.3 Å². The molecule has 1 aromatic rings. The molecule has 0 radical (unpaired) electrons. The van der Waals surface area contributed by atoms with Gasteiger partial charge in [-0.15, -0.1) is 0 Å². The third-order valence-corrected chi connectivity index (χ3v) is 4.06. The van der Waals surface area contributed by atoms with Crippen molar-refractivity contribution in [3.05, 3.63) is 5.56 Å². The zero-order chi connectivity index (χ0) is 13.8. The number of nitrogen functional groups attached to an aromatic ring is 1. The van der Waals surface area contributed by atoms with Gasteiger partial charge in [0.2, 0.25) is 0 Å². The summed E-state index contributed by atoms with van der Waals surface area (Å²) in [5.41, 5.74) is 6.27. The second kappa shape index (κ2) is 6.23. The number of nitrogens with zero attached hydrogens (tertiary/aromatic N) is 2. The first kappa shape index (κ1) is 14.1.